The van der Waals surface area contributed by atoms with Crippen LogP contribution in [0, 0.1) is 11.8 Å². The van der Waals surface area contributed by atoms with E-state index in [1.165, 1.54) is 0 Å². The van der Waals surface area contributed by atoms with Crippen molar-refractivity contribution in [2.45, 2.75) is 78.0 Å². The molecule has 2 amide bonds. The molecule has 2 fully saturated rings. The maximum absolute atomic E-state index is 12.3. The number of carbonyl (C=O) groups is 2. The molecule has 1 N–H and O–H groups in total. The minimum Gasteiger partial charge on any atom is -0.444 e. The lowest BCUT2D eigenvalue weighted by Gasteiger charge is -2.33. The van der Waals surface area contributed by atoms with Crippen molar-refractivity contribution in [2.75, 3.05) is 13.1 Å². The molecule has 0 bridgehead atoms. The van der Waals surface area contributed by atoms with Gasteiger partial charge in [-0.3, -0.25) is 0 Å². The van der Waals surface area contributed by atoms with Gasteiger partial charge in [-0.05, 0) is 60.3 Å². The summed E-state index contributed by atoms with van der Waals surface area (Å²) < 4.78 is 10.9. The predicted octanol–water partition coefficient (Wildman–Crippen LogP) is 3.55. The van der Waals surface area contributed by atoms with Gasteiger partial charge in [-0.2, -0.15) is 0 Å². The smallest absolute Gasteiger partial charge is 0.410 e. The molecule has 6 nitrogen and oxygen atoms in total. The zero-order valence-corrected chi connectivity index (χ0v) is 15.8. The molecule has 138 valence electrons. The summed E-state index contributed by atoms with van der Waals surface area (Å²) in [5.41, 5.74) is -0.991. The normalized spacial score (nSPS) is 27.4. The van der Waals surface area contributed by atoms with Crippen LogP contribution in [0.5, 0.6) is 0 Å². The minimum atomic E-state index is -0.504. The third kappa shape index (κ3) is 5.28. The van der Waals surface area contributed by atoms with Gasteiger partial charge in [-0.1, -0.05) is 6.42 Å². The van der Waals surface area contributed by atoms with Gasteiger partial charge in [0, 0.05) is 25.0 Å². The second kappa shape index (κ2) is 6.81. The van der Waals surface area contributed by atoms with Crippen molar-refractivity contribution in [3.63, 3.8) is 0 Å². The highest BCUT2D eigenvalue weighted by Gasteiger charge is 2.43. The number of nitrogens with zero attached hydrogens (tertiary/aromatic N) is 1. The quantitative estimate of drug-likeness (QED) is 0.793. The van der Waals surface area contributed by atoms with E-state index < -0.39 is 11.2 Å². The molecule has 0 aromatic rings. The van der Waals surface area contributed by atoms with E-state index in [2.05, 4.69) is 5.32 Å². The minimum absolute atomic E-state index is 0.0611. The van der Waals surface area contributed by atoms with Gasteiger partial charge in [-0.15, -0.1) is 0 Å². The topological polar surface area (TPSA) is 67.9 Å². The molecule has 0 radical (unpaired) electrons. The van der Waals surface area contributed by atoms with Crippen molar-refractivity contribution in [3.8, 4) is 0 Å². The van der Waals surface area contributed by atoms with Crippen molar-refractivity contribution in [2.24, 2.45) is 11.8 Å². The predicted molar refractivity (Wildman–Crippen MR) is 91.8 cm³/mol. The van der Waals surface area contributed by atoms with Crippen LogP contribution in [-0.4, -0.2) is 47.4 Å². The molecule has 0 aromatic carbocycles. The fourth-order valence-corrected chi connectivity index (χ4v) is 3.59. The highest BCUT2D eigenvalue weighted by Crippen LogP contribution is 2.37. The molecule has 1 aliphatic heterocycles. The van der Waals surface area contributed by atoms with E-state index in [1.54, 1.807) is 4.90 Å². The van der Waals surface area contributed by atoms with Gasteiger partial charge in [0.05, 0.1) is 0 Å². The Morgan fingerprint density at radius 2 is 1.58 bits per heavy atom. The van der Waals surface area contributed by atoms with Gasteiger partial charge in [0.25, 0.3) is 0 Å². The first-order valence-electron chi connectivity index (χ1n) is 8.92. The third-order valence-corrected chi connectivity index (χ3v) is 4.45. The number of amides is 2. The molecule has 1 heterocycles. The fraction of sp³-hybridized carbons (Fsp3) is 0.889. The molecule has 2 rings (SSSR count). The standard InChI is InChI=1S/C18H32N2O4/c1-17(2,3)23-15(21)19-14-9-7-8-12-10-20(11-13(12)14)16(22)24-18(4,5)6/h12-14H,7-11H2,1-6H3,(H,19,21)/t12-,13+,14-/m1/s1. The van der Waals surface area contributed by atoms with Gasteiger partial charge in [-0.25, -0.2) is 9.59 Å². The first kappa shape index (κ1) is 18.9. The van der Waals surface area contributed by atoms with Crippen LogP contribution >= 0.6 is 0 Å². The van der Waals surface area contributed by atoms with E-state index in [4.69, 9.17) is 9.47 Å². The number of rotatable bonds is 1. The highest BCUT2D eigenvalue weighted by atomic mass is 16.6. The first-order valence-corrected chi connectivity index (χ1v) is 8.92. The Balaban J connectivity index is 1.95. The lowest BCUT2D eigenvalue weighted by atomic mass is 9.78. The Hall–Kier alpha value is -1.46. The summed E-state index contributed by atoms with van der Waals surface area (Å²) in [5, 5.41) is 3.01. The first-order chi connectivity index (χ1) is 10.9. The average molecular weight is 340 g/mol. The maximum Gasteiger partial charge on any atom is 0.410 e. The lowest BCUT2D eigenvalue weighted by molar-refractivity contribution is 0.0283. The Labute approximate surface area is 145 Å². The van der Waals surface area contributed by atoms with E-state index >= 15 is 0 Å². The average Bonchev–Trinajstić information content (AvgIpc) is 2.79. The third-order valence-electron chi connectivity index (χ3n) is 4.45. The molecule has 0 aromatic heterocycles. The summed E-state index contributed by atoms with van der Waals surface area (Å²) in [4.78, 5) is 26.2. The molecule has 0 unspecified atom stereocenters. The number of hydrogen-bond acceptors (Lipinski definition) is 4. The Morgan fingerprint density at radius 1 is 0.958 bits per heavy atom. The summed E-state index contributed by atoms with van der Waals surface area (Å²) in [5.74, 6) is 0.699. The zero-order valence-electron chi connectivity index (χ0n) is 15.8. The maximum atomic E-state index is 12.3. The molecule has 1 aliphatic carbocycles. The van der Waals surface area contributed by atoms with E-state index in [-0.39, 0.29) is 24.1 Å². The van der Waals surface area contributed by atoms with Crippen molar-refractivity contribution >= 4 is 12.2 Å². The Bertz CT molecular complexity index is 478. The van der Waals surface area contributed by atoms with Crippen LogP contribution < -0.4 is 5.32 Å². The van der Waals surface area contributed by atoms with Gasteiger partial charge >= 0.3 is 12.2 Å². The summed E-state index contributed by atoms with van der Waals surface area (Å²) in [6.45, 7) is 12.6. The largest absolute Gasteiger partial charge is 0.444 e. The van der Waals surface area contributed by atoms with Crippen molar-refractivity contribution in [1.29, 1.82) is 0 Å². The number of ether oxygens (including phenoxy) is 2. The monoisotopic (exact) mass is 340 g/mol. The summed E-state index contributed by atoms with van der Waals surface area (Å²) in [6.07, 6.45) is 2.46. The van der Waals surface area contributed by atoms with Gasteiger partial charge in [0.1, 0.15) is 11.2 Å². The number of nitrogens with one attached hydrogen (secondary N) is 1. The van der Waals surface area contributed by atoms with Gasteiger partial charge in [0.15, 0.2) is 0 Å². The Kier molecular flexibility index (Phi) is 5.35. The summed E-state index contributed by atoms with van der Waals surface area (Å²) in [6, 6.07) is 0.0611. The van der Waals surface area contributed by atoms with Crippen LogP contribution in [0.2, 0.25) is 0 Å². The van der Waals surface area contributed by atoms with Crippen LogP contribution in [0.1, 0.15) is 60.8 Å². The molecule has 24 heavy (non-hydrogen) atoms. The molecular weight excluding hydrogens is 308 g/mol. The van der Waals surface area contributed by atoms with Gasteiger partial charge < -0.3 is 19.7 Å². The molecule has 0 spiro atoms. The second-order valence-corrected chi connectivity index (χ2v) is 8.99. The highest BCUT2D eigenvalue weighted by molar-refractivity contribution is 5.69. The fourth-order valence-electron chi connectivity index (χ4n) is 3.59. The molecule has 1 saturated heterocycles. The number of alkyl carbamates (subject to hydrolysis) is 1. The van der Waals surface area contributed by atoms with Crippen LogP contribution in [-0.2, 0) is 9.47 Å². The van der Waals surface area contributed by atoms with Crippen LogP contribution in [0.4, 0.5) is 9.59 Å². The molecule has 6 heteroatoms. The Morgan fingerprint density at radius 3 is 2.17 bits per heavy atom. The summed E-state index contributed by atoms with van der Waals surface area (Å²) >= 11 is 0. The van der Waals surface area contributed by atoms with Crippen LogP contribution in [0.3, 0.4) is 0 Å². The SMILES string of the molecule is CC(C)(C)OC(=O)N[C@@H]1CCC[C@@H]2CN(C(=O)OC(C)(C)C)C[C@@H]21. The molecular formula is C18H32N2O4. The molecule has 1 saturated carbocycles. The van der Waals surface area contributed by atoms with Crippen molar-refractivity contribution < 1.29 is 19.1 Å². The van der Waals surface area contributed by atoms with E-state index in [9.17, 15) is 9.59 Å². The molecule has 2 aliphatic rings. The second-order valence-electron chi connectivity index (χ2n) is 8.99. The van der Waals surface area contributed by atoms with Crippen molar-refractivity contribution in [1.82, 2.24) is 10.2 Å². The number of hydrogen-bond donors (Lipinski definition) is 1. The zero-order chi connectivity index (χ0) is 18.1. The number of likely N-dealkylation sites (tertiary alicyclic amines) is 1. The number of carbonyl (C=O) groups excluding carboxylic acids is 2. The number of fused-ring (bicyclic) bond motifs is 1. The molecule has 3 atom stereocenters. The lowest BCUT2D eigenvalue weighted by Crippen LogP contribution is -2.47. The van der Waals surface area contributed by atoms with Crippen LogP contribution in [0.25, 0.3) is 0 Å². The van der Waals surface area contributed by atoms with E-state index in [0.717, 1.165) is 19.3 Å². The van der Waals surface area contributed by atoms with E-state index in [0.29, 0.717) is 19.0 Å². The van der Waals surface area contributed by atoms with E-state index in [1.807, 2.05) is 41.5 Å². The van der Waals surface area contributed by atoms with Crippen LogP contribution in [0.15, 0.2) is 0 Å². The summed E-state index contributed by atoms with van der Waals surface area (Å²) in [7, 11) is 0. The van der Waals surface area contributed by atoms with Gasteiger partial charge in [0.2, 0.25) is 0 Å². The van der Waals surface area contributed by atoms with Crippen molar-refractivity contribution in [3.05, 3.63) is 0 Å².